The van der Waals surface area contributed by atoms with Gasteiger partial charge in [-0.3, -0.25) is 18.9 Å². The fourth-order valence-electron chi connectivity index (χ4n) is 4.15. The number of aromatic amines is 1. The van der Waals surface area contributed by atoms with E-state index in [1.165, 1.54) is 30.9 Å². The van der Waals surface area contributed by atoms with E-state index in [4.69, 9.17) is 34.1 Å². The van der Waals surface area contributed by atoms with Crippen molar-refractivity contribution in [3.05, 3.63) is 44.5 Å². The Kier molecular flexibility index (Phi) is 13.8. The molecular formula is C24H41N5O9P2. The first-order valence-electron chi connectivity index (χ1n) is 13.1. The standard InChI is InChI=1S/C24H41N5O9P2/c1-10-35-40(32,36-11-2)18(7)26-22-20(38-39(34-15-13-25-8)29(16(3)4)17(5)6)21(33-9)23(37-22)28-14-12-19(30)27-24(28)31/h12,14,16-17,20-23H,10-11,13,15H2,1-7,9H3,(H,27,30,31)/b26-18+/t20?,21?,22-,23+,39?/m0/s1. The van der Waals surface area contributed by atoms with E-state index in [0.29, 0.717) is 0 Å². The van der Waals surface area contributed by atoms with Gasteiger partial charge in [-0.1, -0.05) is 0 Å². The molecule has 5 atom stereocenters. The summed E-state index contributed by atoms with van der Waals surface area (Å²) in [6.45, 7) is 20.6. The van der Waals surface area contributed by atoms with Crippen LogP contribution in [0.25, 0.3) is 4.85 Å². The third-order valence-corrected chi connectivity index (χ3v) is 9.97. The zero-order valence-electron chi connectivity index (χ0n) is 24.3. The first-order chi connectivity index (χ1) is 18.9. The van der Waals surface area contributed by atoms with Gasteiger partial charge >= 0.3 is 13.3 Å². The summed E-state index contributed by atoms with van der Waals surface area (Å²) >= 11 is 0. The molecule has 14 nitrogen and oxygen atoms in total. The summed E-state index contributed by atoms with van der Waals surface area (Å²) in [5.74, 6) is 0. The van der Waals surface area contributed by atoms with Crippen LogP contribution in [0.2, 0.25) is 0 Å². The second kappa shape index (κ2) is 16.0. The molecule has 1 saturated heterocycles. The van der Waals surface area contributed by atoms with E-state index in [9.17, 15) is 14.2 Å². The van der Waals surface area contributed by atoms with Gasteiger partial charge in [0.15, 0.2) is 12.5 Å². The van der Waals surface area contributed by atoms with E-state index in [1.54, 1.807) is 13.8 Å². The Morgan fingerprint density at radius 2 is 1.85 bits per heavy atom. The van der Waals surface area contributed by atoms with Crippen molar-refractivity contribution in [2.45, 2.75) is 85.2 Å². The molecule has 0 amide bonds. The monoisotopic (exact) mass is 605 g/mol. The smallest absolute Gasteiger partial charge is 0.374 e. The number of aromatic nitrogens is 2. The predicted octanol–water partition coefficient (Wildman–Crippen LogP) is 3.76. The van der Waals surface area contributed by atoms with Gasteiger partial charge in [-0.2, -0.15) is 0 Å². The van der Waals surface area contributed by atoms with Gasteiger partial charge in [0, 0.05) is 31.5 Å². The van der Waals surface area contributed by atoms with E-state index in [0.717, 1.165) is 0 Å². The second-order valence-corrected chi connectivity index (χ2v) is 12.8. The lowest BCUT2D eigenvalue weighted by Gasteiger charge is -2.37. The molecule has 16 heteroatoms. The number of H-pyrrole nitrogens is 1. The lowest BCUT2D eigenvalue weighted by molar-refractivity contribution is -0.0522. The van der Waals surface area contributed by atoms with Gasteiger partial charge in [-0.05, 0) is 48.5 Å². The molecule has 0 bridgehead atoms. The van der Waals surface area contributed by atoms with Crippen molar-refractivity contribution < 1.29 is 32.1 Å². The van der Waals surface area contributed by atoms with E-state index in [2.05, 4.69) is 14.8 Å². The first-order valence-corrected chi connectivity index (χ1v) is 15.8. The number of nitrogens with zero attached hydrogens (tertiary/aromatic N) is 4. The summed E-state index contributed by atoms with van der Waals surface area (Å²) in [5.41, 5.74) is -1.22. The zero-order valence-corrected chi connectivity index (χ0v) is 26.1. The number of methoxy groups -OCH3 is 1. The molecule has 1 fully saturated rings. The SMILES string of the molecule is [C-]#[N+]CCOP(OC1C(OC)[C@H](n2ccc(=O)[nH]c2=O)O[C@@H]1/N=C(\C)P(=O)(OCC)OCC)N(C(C)C)C(C)C. The summed E-state index contributed by atoms with van der Waals surface area (Å²) in [5, 5.41) is 0. The van der Waals surface area contributed by atoms with Crippen LogP contribution in [0.4, 0.5) is 0 Å². The maximum absolute atomic E-state index is 13.4. The number of ether oxygens (including phenoxy) is 2. The van der Waals surface area contributed by atoms with Crippen LogP contribution in [0.15, 0.2) is 26.8 Å². The summed E-state index contributed by atoms with van der Waals surface area (Å²) < 4.78 is 52.1. The van der Waals surface area contributed by atoms with E-state index in [1.807, 2.05) is 32.4 Å². The molecule has 226 valence electrons. The van der Waals surface area contributed by atoms with Gasteiger partial charge in [-0.25, -0.2) is 21.0 Å². The van der Waals surface area contributed by atoms with Gasteiger partial charge in [0.05, 0.1) is 13.2 Å². The molecular weight excluding hydrogens is 564 g/mol. The third kappa shape index (κ3) is 8.61. The van der Waals surface area contributed by atoms with Crippen molar-refractivity contribution >= 4 is 21.6 Å². The van der Waals surface area contributed by atoms with Gasteiger partial charge in [-0.15, -0.1) is 0 Å². The highest BCUT2D eigenvalue weighted by Gasteiger charge is 2.50. The zero-order chi connectivity index (χ0) is 30.0. The molecule has 2 rings (SSSR count). The first kappa shape index (κ1) is 34.4. The highest BCUT2D eigenvalue weighted by Crippen LogP contribution is 2.52. The van der Waals surface area contributed by atoms with Crippen LogP contribution < -0.4 is 11.2 Å². The molecule has 1 N–H and O–H groups in total. The molecule has 0 aromatic carbocycles. The molecule has 0 aliphatic carbocycles. The average molecular weight is 606 g/mol. The minimum atomic E-state index is -3.74. The van der Waals surface area contributed by atoms with Gasteiger partial charge in [0.25, 0.3) is 14.1 Å². The van der Waals surface area contributed by atoms with Crippen molar-refractivity contribution in [2.24, 2.45) is 4.99 Å². The van der Waals surface area contributed by atoms with E-state index < -0.39 is 52.0 Å². The minimum Gasteiger partial charge on any atom is -0.374 e. The van der Waals surface area contributed by atoms with E-state index >= 15 is 0 Å². The lowest BCUT2D eigenvalue weighted by Crippen LogP contribution is -2.41. The number of nitrogens with one attached hydrogen (secondary N) is 1. The quantitative estimate of drug-likeness (QED) is 0.128. The van der Waals surface area contributed by atoms with Crippen molar-refractivity contribution in [1.82, 2.24) is 14.2 Å². The van der Waals surface area contributed by atoms with Crippen LogP contribution in [0, 0.1) is 6.57 Å². The van der Waals surface area contributed by atoms with Crippen molar-refractivity contribution in [2.75, 3.05) is 33.5 Å². The molecule has 0 spiro atoms. The highest BCUT2D eigenvalue weighted by atomic mass is 31.2. The number of aliphatic imine (C=N–C) groups is 1. The van der Waals surface area contributed by atoms with Crippen LogP contribution >= 0.6 is 16.1 Å². The molecule has 40 heavy (non-hydrogen) atoms. The maximum atomic E-state index is 13.4. The van der Waals surface area contributed by atoms with Crippen LogP contribution in [0.5, 0.6) is 0 Å². The summed E-state index contributed by atoms with van der Waals surface area (Å²) in [6.07, 6.45) is -2.76. The van der Waals surface area contributed by atoms with Crippen molar-refractivity contribution in [3.63, 3.8) is 0 Å². The summed E-state index contributed by atoms with van der Waals surface area (Å²) in [7, 11) is -4.08. The fourth-order valence-corrected chi connectivity index (χ4v) is 7.26. The molecule has 0 saturated carbocycles. The summed E-state index contributed by atoms with van der Waals surface area (Å²) in [4.78, 5) is 34.5. The Labute approximate surface area is 236 Å². The summed E-state index contributed by atoms with van der Waals surface area (Å²) in [6, 6.07) is 1.22. The van der Waals surface area contributed by atoms with Crippen LogP contribution in [-0.4, -0.2) is 83.7 Å². The van der Waals surface area contributed by atoms with Crippen LogP contribution in [-0.2, 0) is 32.1 Å². The Balaban J connectivity index is 2.63. The fraction of sp³-hybridized carbons (Fsp3) is 0.750. The molecule has 3 unspecified atom stereocenters. The predicted molar refractivity (Wildman–Crippen MR) is 151 cm³/mol. The van der Waals surface area contributed by atoms with Crippen molar-refractivity contribution in [3.8, 4) is 0 Å². The van der Waals surface area contributed by atoms with Gasteiger partial charge < -0.3 is 32.4 Å². The Bertz CT molecular complexity index is 1160. The third-order valence-electron chi connectivity index (χ3n) is 5.73. The highest BCUT2D eigenvalue weighted by molar-refractivity contribution is 7.72. The number of hydrogen-bond acceptors (Lipinski definition) is 11. The molecule has 1 aromatic heterocycles. The van der Waals surface area contributed by atoms with E-state index in [-0.39, 0.29) is 43.9 Å². The molecule has 1 aliphatic rings. The largest absolute Gasteiger partial charge is 0.374 e. The average Bonchev–Trinajstić information content (AvgIpc) is 3.20. The van der Waals surface area contributed by atoms with Gasteiger partial charge in [0.2, 0.25) is 6.54 Å². The van der Waals surface area contributed by atoms with Crippen LogP contribution in [0.1, 0.15) is 54.7 Å². The lowest BCUT2D eigenvalue weighted by atomic mass is 10.2. The molecule has 2 heterocycles. The number of rotatable bonds is 16. The second-order valence-electron chi connectivity index (χ2n) is 9.23. The topological polar surface area (TPSA) is 147 Å². The Hall–Kier alpha value is -1.78. The number of hydrogen-bond donors (Lipinski definition) is 1. The minimum absolute atomic E-state index is 0.0137. The normalized spacial score (nSPS) is 22.8. The van der Waals surface area contributed by atoms with Crippen LogP contribution in [0.3, 0.4) is 0 Å². The van der Waals surface area contributed by atoms with Crippen molar-refractivity contribution in [1.29, 1.82) is 0 Å². The Morgan fingerprint density at radius 3 is 2.35 bits per heavy atom. The maximum Gasteiger partial charge on any atom is 0.374 e. The Morgan fingerprint density at radius 1 is 1.23 bits per heavy atom. The molecule has 1 aromatic rings. The molecule has 1 aliphatic heterocycles. The van der Waals surface area contributed by atoms with Gasteiger partial charge in [0.1, 0.15) is 24.3 Å². The molecule has 0 radical (unpaired) electrons.